The third-order valence-corrected chi connectivity index (χ3v) is 4.58. The molecule has 98 valence electrons. The van der Waals surface area contributed by atoms with E-state index in [2.05, 4.69) is 38.0 Å². The van der Waals surface area contributed by atoms with E-state index >= 15 is 0 Å². The smallest absolute Gasteiger partial charge is 0.0438 e. The van der Waals surface area contributed by atoms with Crippen LogP contribution in [0, 0.1) is 0 Å². The summed E-state index contributed by atoms with van der Waals surface area (Å²) in [5, 5.41) is 0. The average molecular weight is 265 g/mol. The maximum Gasteiger partial charge on any atom is 0.0438 e. The van der Waals surface area contributed by atoms with Crippen molar-refractivity contribution < 1.29 is 0 Å². The van der Waals surface area contributed by atoms with Gasteiger partial charge in [0.25, 0.3) is 0 Å². The summed E-state index contributed by atoms with van der Waals surface area (Å²) in [6.07, 6.45) is 5.58. The lowest BCUT2D eigenvalue weighted by molar-refractivity contribution is 0.485. The molecular weight excluding hydrogens is 236 g/mol. The fraction of sp³-hybridized carbons (Fsp3) is 1.00. The Morgan fingerprint density at radius 2 is 1.00 bits per heavy atom. The third-order valence-electron chi connectivity index (χ3n) is 2.03. The molecule has 0 aliphatic carbocycles. The second-order valence-electron chi connectivity index (χ2n) is 4.65. The highest BCUT2D eigenvalue weighted by molar-refractivity contribution is 7.99. The van der Waals surface area contributed by atoms with E-state index in [-0.39, 0.29) is 0 Å². The summed E-state index contributed by atoms with van der Waals surface area (Å²) in [6.45, 7) is 0. The van der Waals surface area contributed by atoms with Crippen molar-refractivity contribution in [1.29, 1.82) is 0 Å². The molecule has 0 bridgehead atoms. The van der Waals surface area contributed by atoms with Crippen LogP contribution >= 0.6 is 23.5 Å². The molecule has 16 heavy (non-hydrogen) atoms. The minimum atomic E-state index is 1.17. The second kappa shape index (κ2) is 12.1. The van der Waals surface area contributed by atoms with Gasteiger partial charge >= 0.3 is 0 Å². The largest absolute Gasteiger partial charge is 0.300 e. The lowest BCUT2D eigenvalue weighted by Gasteiger charge is -2.09. The van der Waals surface area contributed by atoms with E-state index in [0.717, 1.165) is 0 Å². The van der Waals surface area contributed by atoms with Crippen LogP contribution in [-0.4, -0.2) is 61.2 Å². The van der Waals surface area contributed by atoms with Gasteiger partial charge in [-0.2, -0.15) is 0 Å². The molecule has 0 spiro atoms. The molecule has 0 rings (SSSR count). The summed E-state index contributed by atoms with van der Waals surface area (Å²) in [5.41, 5.74) is 0. The molecule has 0 atom stereocenters. The van der Waals surface area contributed by atoms with Crippen LogP contribution in [0.1, 0.15) is 25.7 Å². The Morgan fingerprint density at radius 1 is 0.625 bits per heavy atom. The maximum atomic E-state index is 2.24. The van der Waals surface area contributed by atoms with Crippen LogP contribution in [-0.2, 0) is 0 Å². The van der Waals surface area contributed by atoms with Gasteiger partial charge in [0.1, 0.15) is 0 Å². The quantitative estimate of drug-likeness (QED) is 0.418. The third kappa shape index (κ3) is 14.6. The average Bonchev–Trinajstić information content (AvgIpc) is 2.20. The van der Waals surface area contributed by atoms with E-state index in [4.69, 9.17) is 0 Å². The molecule has 0 aliphatic rings. The van der Waals surface area contributed by atoms with Gasteiger partial charge in [0.15, 0.2) is 0 Å². The first kappa shape index (κ1) is 16.6. The summed E-state index contributed by atoms with van der Waals surface area (Å²) in [4.78, 5) is 4.48. The van der Waals surface area contributed by atoms with Gasteiger partial charge in [0.05, 0.1) is 0 Å². The van der Waals surface area contributed by atoms with Crippen molar-refractivity contribution >= 4 is 23.5 Å². The molecule has 0 radical (unpaired) electrons. The Morgan fingerprint density at radius 3 is 1.31 bits per heavy atom. The molecule has 0 amide bonds. The van der Waals surface area contributed by atoms with Gasteiger partial charge in [0, 0.05) is 11.8 Å². The van der Waals surface area contributed by atoms with Gasteiger partial charge in [-0.05, 0) is 52.5 Å². The van der Waals surface area contributed by atoms with Crippen molar-refractivity contribution in [2.75, 3.05) is 51.4 Å². The predicted octanol–water partition coefficient (Wildman–Crippen LogP) is 3.05. The molecular formula is C12H28N2S2. The van der Waals surface area contributed by atoms with Gasteiger partial charge in [-0.1, -0.05) is 12.8 Å². The number of hydrogen-bond donors (Lipinski definition) is 0. The molecule has 0 aliphatic heterocycles. The molecule has 0 aromatic rings. The number of thioether (sulfide) groups is 2. The standard InChI is InChI=1S/C12H28N2S2/c1-13(2)11-15-9-7-5-6-8-10-16-12-14(3)4/h5-12H2,1-4H3. The second-order valence-corrected chi connectivity index (χ2v) is 6.80. The molecule has 0 unspecified atom stereocenters. The fourth-order valence-corrected chi connectivity index (χ4v) is 3.06. The lowest BCUT2D eigenvalue weighted by atomic mass is 10.2. The molecule has 0 saturated heterocycles. The first-order chi connectivity index (χ1) is 7.63. The Balaban J connectivity index is 2.93. The fourth-order valence-electron chi connectivity index (χ4n) is 1.26. The number of nitrogens with zero attached hydrogens (tertiary/aromatic N) is 2. The zero-order chi connectivity index (χ0) is 12.2. The number of hydrogen-bond acceptors (Lipinski definition) is 4. The first-order valence-electron chi connectivity index (χ1n) is 6.08. The highest BCUT2D eigenvalue weighted by Crippen LogP contribution is 2.11. The van der Waals surface area contributed by atoms with Crippen molar-refractivity contribution in [3.8, 4) is 0 Å². The Kier molecular flexibility index (Phi) is 12.6. The van der Waals surface area contributed by atoms with Crippen molar-refractivity contribution in [2.45, 2.75) is 25.7 Å². The van der Waals surface area contributed by atoms with E-state index in [1.165, 1.54) is 48.9 Å². The SMILES string of the molecule is CN(C)CSCCCCCCSCN(C)C. The van der Waals surface area contributed by atoms with Gasteiger partial charge < -0.3 is 9.80 Å². The summed E-state index contributed by atoms with van der Waals surface area (Å²) in [6, 6.07) is 0. The summed E-state index contributed by atoms with van der Waals surface area (Å²) in [7, 11) is 8.54. The first-order valence-corrected chi connectivity index (χ1v) is 8.39. The summed E-state index contributed by atoms with van der Waals surface area (Å²) < 4.78 is 0. The molecule has 4 heteroatoms. The maximum absolute atomic E-state index is 2.24. The van der Waals surface area contributed by atoms with E-state index in [1.807, 2.05) is 23.5 Å². The van der Waals surface area contributed by atoms with Crippen molar-refractivity contribution in [3.05, 3.63) is 0 Å². The number of rotatable bonds is 11. The number of unbranched alkanes of at least 4 members (excludes halogenated alkanes) is 3. The van der Waals surface area contributed by atoms with Gasteiger partial charge in [0.2, 0.25) is 0 Å². The zero-order valence-corrected chi connectivity index (χ0v) is 13.0. The van der Waals surface area contributed by atoms with E-state index in [9.17, 15) is 0 Å². The van der Waals surface area contributed by atoms with E-state index < -0.39 is 0 Å². The van der Waals surface area contributed by atoms with Crippen molar-refractivity contribution in [3.63, 3.8) is 0 Å². The van der Waals surface area contributed by atoms with Gasteiger partial charge in [-0.25, -0.2) is 0 Å². The topological polar surface area (TPSA) is 6.48 Å². The molecule has 0 aromatic heterocycles. The molecule has 0 heterocycles. The van der Waals surface area contributed by atoms with Crippen molar-refractivity contribution in [1.82, 2.24) is 9.80 Å². The van der Waals surface area contributed by atoms with E-state index in [0.29, 0.717) is 0 Å². The van der Waals surface area contributed by atoms with Crippen LogP contribution < -0.4 is 0 Å². The van der Waals surface area contributed by atoms with Crippen LogP contribution in [0.3, 0.4) is 0 Å². The highest BCUT2D eigenvalue weighted by atomic mass is 32.2. The van der Waals surface area contributed by atoms with Crippen LogP contribution in [0.2, 0.25) is 0 Å². The molecule has 0 N–H and O–H groups in total. The summed E-state index contributed by atoms with van der Waals surface area (Å²) >= 11 is 4.10. The Labute approximate surface area is 111 Å². The van der Waals surface area contributed by atoms with Gasteiger partial charge in [-0.3, -0.25) is 0 Å². The zero-order valence-electron chi connectivity index (χ0n) is 11.4. The minimum Gasteiger partial charge on any atom is -0.300 e. The molecule has 0 saturated carbocycles. The minimum absolute atomic E-state index is 1.17. The normalized spacial score (nSPS) is 11.6. The molecule has 0 fully saturated rings. The van der Waals surface area contributed by atoms with Crippen LogP contribution in [0.5, 0.6) is 0 Å². The van der Waals surface area contributed by atoms with E-state index in [1.54, 1.807) is 0 Å². The van der Waals surface area contributed by atoms with Crippen LogP contribution in [0.4, 0.5) is 0 Å². The van der Waals surface area contributed by atoms with Crippen LogP contribution in [0.15, 0.2) is 0 Å². The lowest BCUT2D eigenvalue weighted by Crippen LogP contribution is -2.10. The molecule has 0 aromatic carbocycles. The Bertz CT molecular complexity index is 125. The monoisotopic (exact) mass is 264 g/mol. The van der Waals surface area contributed by atoms with Crippen LogP contribution in [0.25, 0.3) is 0 Å². The van der Waals surface area contributed by atoms with Gasteiger partial charge in [-0.15, -0.1) is 23.5 Å². The molecule has 2 nitrogen and oxygen atoms in total. The van der Waals surface area contributed by atoms with Crippen molar-refractivity contribution in [2.24, 2.45) is 0 Å². The highest BCUT2D eigenvalue weighted by Gasteiger charge is 1.94. The Hall–Kier alpha value is 0.620. The predicted molar refractivity (Wildman–Crippen MR) is 80.5 cm³/mol. The summed E-state index contributed by atoms with van der Waals surface area (Å²) in [5.74, 6) is 4.98.